The predicted octanol–water partition coefficient (Wildman–Crippen LogP) is 6.74. The number of carbonyl (C=O) groups excluding carboxylic acids is 2. The maximum atomic E-state index is 11.9. The van der Waals surface area contributed by atoms with Crippen LogP contribution in [0.3, 0.4) is 0 Å². The van der Waals surface area contributed by atoms with Crippen molar-refractivity contribution in [1.29, 1.82) is 0 Å². The summed E-state index contributed by atoms with van der Waals surface area (Å²) in [6.07, 6.45) is 17.5. The average Bonchev–Trinajstić information content (AvgIpc) is 2.74. The fourth-order valence-electron chi connectivity index (χ4n) is 3.56. The zero-order chi connectivity index (χ0) is 23.2. The summed E-state index contributed by atoms with van der Waals surface area (Å²) < 4.78 is 10.4. The van der Waals surface area contributed by atoms with Gasteiger partial charge in [-0.25, -0.2) is 0 Å². The van der Waals surface area contributed by atoms with Gasteiger partial charge in [0.05, 0.1) is 6.61 Å². The van der Waals surface area contributed by atoms with E-state index in [2.05, 4.69) is 20.8 Å². The molecule has 1 N–H and O–H groups in total. The van der Waals surface area contributed by atoms with Crippen LogP contribution < -0.4 is 0 Å². The molecule has 0 fully saturated rings. The molecule has 0 rings (SSSR count). The monoisotopic (exact) mass is 442 g/mol. The Labute approximate surface area is 191 Å². The third kappa shape index (κ3) is 21.9. The first kappa shape index (κ1) is 29.9. The Hall–Kier alpha value is -1.10. The molecule has 0 amide bonds. The topological polar surface area (TPSA) is 72.8 Å². The van der Waals surface area contributed by atoms with Crippen molar-refractivity contribution in [3.8, 4) is 0 Å². The molecule has 0 heterocycles. The van der Waals surface area contributed by atoms with E-state index >= 15 is 0 Å². The van der Waals surface area contributed by atoms with E-state index in [0.29, 0.717) is 12.8 Å². The molecule has 0 aliphatic rings. The van der Waals surface area contributed by atoms with E-state index in [9.17, 15) is 14.7 Å². The number of carbonyl (C=O) groups is 2. The molecule has 0 saturated heterocycles. The maximum absolute atomic E-state index is 11.9. The molecular formula is C26H50O5. The Morgan fingerprint density at radius 3 is 1.71 bits per heavy atom. The number of aliphatic hydroxyl groups is 1. The summed E-state index contributed by atoms with van der Waals surface area (Å²) in [6, 6.07) is 0. The fraction of sp³-hybridized carbons (Fsp3) is 0.923. The Bertz CT molecular complexity index is 422. The third-order valence-electron chi connectivity index (χ3n) is 5.58. The van der Waals surface area contributed by atoms with Gasteiger partial charge >= 0.3 is 11.9 Å². The number of rotatable bonds is 22. The van der Waals surface area contributed by atoms with Crippen molar-refractivity contribution in [3.05, 3.63) is 0 Å². The minimum atomic E-state index is -0.757. The zero-order valence-electron chi connectivity index (χ0n) is 20.7. The second-order valence-electron chi connectivity index (χ2n) is 9.26. The van der Waals surface area contributed by atoms with Crippen molar-refractivity contribution in [2.45, 2.75) is 136 Å². The summed E-state index contributed by atoms with van der Waals surface area (Å²) in [5, 5.41) is 9.35. The molecule has 0 aliphatic carbocycles. The standard InChI is InChI=1S/C26H50O5/c1-4-5-6-12-17-20-26(29)31-24(21-27)22-30-25(28)19-16-14-11-9-7-8-10-13-15-18-23(2)3/h23-24,27H,4-22H2,1-3H3/t24-/m0/s1. The minimum Gasteiger partial charge on any atom is -0.462 e. The molecule has 0 saturated carbocycles. The lowest BCUT2D eigenvalue weighted by Gasteiger charge is -2.15. The predicted molar refractivity (Wildman–Crippen MR) is 127 cm³/mol. The van der Waals surface area contributed by atoms with Crippen molar-refractivity contribution in [3.63, 3.8) is 0 Å². The van der Waals surface area contributed by atoms with E-state index in [1.807, 2.05) is 0 Å². The second kappa shape index (κ2) is 22.1. The lowest BCUT2D eigenvalue weighted by Crippen LogP contribution is -2.28. The van der Waals surface area contributed by atoms with E-state index in [1.165, 1.54) is 57.8 Å². The Balaban J connectivity index is 3.58. The first-order chi connectivity index (χ1) is 15.0. The van der Waals surface area contributed by atoms with Gasteiger partial charge < -0.3 is 14.6 Å². The van der Waals surface area contributed by atoms with Crippen LogP contribution in [-0.2, 0) is 19.1 Å². The molecule has 0 aromatic carbocycles. The van der Waals surface area contributed by atoms with Crippen LogP contribution in [0, 0.1) is 5.92 Å². The van der Waals surface area contributed by atoms with Gasteiger partial charge in [-0.15, -0.1) is 0 Å². The van der Waals surface area contributed by atoms with Crippen LogP contribution in [0.2, 0.25) is 0 Å². The van der Waals surface area contributed by atoms with Crippen LogP contribution in [0.25, 0.3) is 0 Å². The fourth-order valence-corrected chi connectivity index (χ4v) is 3.56. The lowest BCUT2D eigenvalue weighted by molar-refractivity contribution is -0.161. The van der Waals surface area contributed by atoms with E-state index in [4.69, 9.17) is 9.47 Å². The Kier molecular flexibility index (Phi) is 21.3. The van der Waals surface area contributed by atoms with E-state index in [-0.39, 0.29) is 25.2 Å². The minimum absolute atomic E-state index is 0.0618. The molecule has 0 spiro atoms. The van der Waals surface area contributed by atoms with Crippen LogP contribution in [-0.4, -0.2) is 36.4 Å². The van der Waals surface area contributed by atoms with Crippen LogP contribution in [0.4, 0.5) is 0 Å². The summed E-state index contributed by atoms with van der Waals surface area (Å²) in [6.45, 7) is 6.33. The van der Waals surface area contributed by atoms with E-state index in [0.717, 1.165) is 44.4 Å². The van der Waals surface area contributed by atoms with Gasteiger partial charge in [-0.2, -0.15) is 0 Å². The zero-order valence-corrected chi connectivity index (χ0v) is 20.7. The van der Waals surface area contributed by atoms with Gasteiger partial charge in [-0.1, -0.05) is 104 Å². The van der Waals surface area contributed by atoms with Gasteiger partial charge in [0, 0.05) is 12.8 Å². The van der Waals surface area contributed by atoms with E-state index < -0.39 is 6.10 Å². The lowest BCUT2D eigenvalue weighted by atomic mass is 10.0. The summed E-state index contributed by atoms with van der Waals surface area (Å²) in [7, 11) is 0. The summed E-state index contributed by atoms with van der Waals surface area (Å²) >= 11 is 0. The first-order valence-electron chi connectivity index (χ1n) is 13.0. The Morgan fingerprint density at radius 2 is 1.19 bits per heavy atom. The largest absolute Gasteiger partial charge is 0.462 e. The number of ether oxygens (including phenoxy) is 2. The van der Waals surface area contributed by atoms with Gasteiger partial charge in [-0.05, 0) is 18.8 Å². The van der Waals surface area contributed by atoms with Gasteiger partial charge in [0.15, 0.2) is 6.10 Å². The van der Waals surface area contributed by atoms with Gasteiger partial charge in [-0.3, -0.25) is 9.59 Å². The quantitative estimate of drug-likeness (QED) is 0.148. The molecule has 0 unspecified atom stereocenters. The first-order valence-corrected chi connectivity index (χ1v) is 13.0. The Morgan fingerprint density at radius 1 is 0.710 bits per heavy atom. The highest BCUT2D eigenvalue weighted by atomic mass is 16.6. The highest BCUT2D eigenvalue weighted by Gasteiger charge is 2.16. The maximum Gasteiger partial charge on any atom is 0.306 e. The number of unbranched alkanes of at least 4 members (excludes halogenated alkanes) is 12. The van der Waals surface area contributed by atoms with Crippen molar-refractivity contribution < 1.29 is 24.2 Å². The van der Waals surface area contributed by atoms with Crippen molar-refractivity contribution in [1.82, 2.24) is 0 Å². The summed E-state index contributed by atoms with van der Waals surface area (Å²) in [5.74, 6) is 0.215. The van der Waals surface area contributed by atoms with Gasteiger partial charge in [0.2, 0.25) is 0 Å². The van der Waals surface area contributed by atoms with E-state index in [1.54, 1.807) is 0 Å². The molecule has 0 aromatic heterocycles. The van der Waals surface area contributed by atoms with Crippen LogP contribution in [0.5, 0.6) is 0 Å². The summed E-state index contributed by atoms with van der Waals surface area (Å²) in [4.78, 5) is 23.7. The number of hydrogen-bond donors (Lipinski definition) is 1. The second-order valence-corrected chi connectivity index (χ2v) is 9.26. The van der Waals surface area contributed by atoms with Crippen molar-refractivity contribution >= 4 is 11.9 Å². The van der Waals surface area contributed by atoms with Crippen molar-refractivity contribution in [2.75, 3.05) is 13.2 Å². The number of aliphatic hydroxyl groups excluding tert-OH is 1. The molecule has 31 heavy (non-hydrogen) atoms. The smallest absolute Gasteiger partial charge is 0.306 e. The highest BCUT2D eigenvalue weighted by molar-refractivity contribution is 5.70. The van der Waals surface area contributed by atoms with Crippen molar-refractivity contribution in [2.24, 2.45) is 5.92 Å². The highest BCUT2D eigenvalue weighted by Crippen LogP contribution is 2.13. The number of hydrogen-bond acceptors (Lipinski definition) is 5. The van der Waals surface area contributed by atoms with Crippen LogP contribution in [0.15, 0.2) is 0 Å². The molecule has 0 bridgehead atoms. The van der Waals surface area contributed by atoms with Crippen LogP contribution in [0.1, 0.15) is 130 Å². The molecule has 0 aliphatic heterocycles. The van der Waals surface area contributed by atoms with Crippen LogP contribution >= 0.6 is 0 Å². The number of esters is 2. The summed E-state index contributed by atoms with van der Waals surface area (Å²) in [5.41, 5.74) is 0. The molecule has 0 radical (unpaired) electrons. The molecule has 184 valence electrons. The third-order valence-corrected chi connectivity index (χ3v) is 5.58. The molecule has 1 atom stereocenters. The normalized spacial score (nSPS) is 12.2. The molecule has 5 heteroatoms. The SMILES string of the molecule is CCCCCCCC(=O)O[C@@H](CO)COC(=O)CCCCCCCCCCCC(C)C. The average molecular weight is 443 g/mol. The van der Waals surface area contributed by atoms with Gasteiger partial charge in [0.25, 0.3) is 0 Å². The van der Waals surface area contributed by atoms with Gasteiger partial charge in [0.1, 0.15) is 6.61 Å². The molecule has 0 aromatic rings. The molecular weight excluding hydrogens is 392 g/mol. The molecule has 5 nitrogen and oxygen atoms in total.